The van der Waals surface area contributed by atoms with Gasteiger partial charge in [0.05, 0.1) is 0 Å². The van der Waals surface area contributed by atoms with Crippen LogP contribution in [0.25, 0.3) is 10.6 Å². The SMILES string of the molecule is Cc1ccc(C)c(OCc2ccc(-c3nc(C(=O)O)cs3)cc2)c1. The van der Waals surface area contributed by atoms with Gasteiger partial charge in [0, 0.05) is 10.9 Å². The normalized spacial score (nSPS) is 10.6. The van der Waals surface area contributed by atoms with Crippen LogP contribution in [0, 0.1) is 13.8 Å². The molecule has 0 bridgehead atoms. The highest BCUT2D eigenvalue weighted by Gasteiger charge is 2.10. The van der Waals surface area contributed by atoms with Crippen LogP contribution in [0.15, 0.2) is 47.8 Å². The maximum Gasteiger partial charge on any atom is 0.355 e. The molecule has 1 aromatic heterocycles. The first kappa shape index (κ1) is 16.2. The second kappa shape index (κ2) is 6.84. The van der Waals surface area contributed by atoms with Crippen molar-refractivity contribution in [3.8, 4) is 16.3 Å². The van der Waals surface area contributed by atoms with E-state index < -0.39 is 5.97 Å². The van der Waals surface area contributed by atoms with Crippen molar-refractivity contribution < 1.29 is 14.6 Å². The van der Waals surface area contributed by atoms with E-state index in [-0.39, 0.29) is 5.69 Å². The number of thiazole rings is 1. The molecule has 3 aromatic rings. The van der Waals surface area contributed by atoms with Gasteiger partial charge >= 0.3 is 5.97 Å². The number of aryl methyl sites for hydroxylation is 2. The molecule has 0 saturated carbocycles. The average Bonchev–Trinajstić information content (AvgIpc) is 3.06. The van der Waals surface area contributed by atoms with Crippen LogP contribution < -0.4 is 4.74 Å². The Labute approximate surface area is 144 Å². The van der Waals surface area contributed by atoms with Gasteiger partial charge < -0.3 is 9.84 Å². The van der Waals surface area contributed by atoms with Crippen LogP contribution in [0.1, 0.15) is 27.2 Å². The number of benzene rings is 2. The van der Waals surface area contributed by atoms with Gasteiger partial charge in [-0.2, -0.15) is 0 Å². The molecule has 0 spiro atoms. The highest BCUT2D eigenvalue weighted by atomic mass is 32.1. The largest absolute Gasteiger partial charge is 0.489 e. The summed E-state index contributed by atoms with van der Waals surface area (Å²) in [4.78, 5) is 15.0. The standard InChI is InChI=1S/C19H17NO3S/c1-12-3-4-13(2)17(9-12)23-10-14-5-7-15(8-6-14)18-20-16(11-24-18)19(21)22/h3-9,11H,10H2,1-2H3,(H,21,22). The van der Waals surface area contributed by atoms with Crippen molar-refractivity contribution in [2.75, 3.05) is 0 Å². The minimum absolute atomic E-state index is 0.0809. The molecule has 0 aliphatic heterocycles. The Hall–Kier alpha value is -2.66. The third kappa shape index (κ3) is 3.63. The van der Waals surface area contributed by atoms with E-state index in [1.54, 1.807) is 5.38 Å². The number of aromatic nitrogens is 1. The number of aromatic carboxylic acids is 1. The summed E-state index contributed by atoms with van der Waals surface area (Å²) in [5.74, 6) is -0.110. The Kier molecular flexibility index (Phi) is 4.62. The molecule has 5 heteroatoms. The van der Waals surface area contributed by atoms with Gasteiger partial charge in [0.25, 0.3) is 0 Å². The summed E-state index contributed by atoms with van der Waals surface area (Å²) < 4.78 is 5.89. The van der Waals surface area contributed by atoms with E-state index in [0.717, 1.165) is 22.4 Å². The first-order chi connectivity index (χ1) is 11.5. The fourth-order valence-electron chi connectivity index (χ4n) is 2.27. The molecule has 1 N–H and O–H groups in total. The zero-order valence-electron chi connectivity index (χ0n) is 13.4. The maximum atomic E-state index is 10.9. The minimum Gasteiger partial charge on any atom is -0.489 e. The van der Waals surface area contributed by atoms with Crippen LogP contribution in [0.5, 0.6) is 5.75 Å². The van der Waals surface area contributed by atoms with Crippen LogP contribution in [0.4, 0.5) is 0 Å². The zero-order valence-corrected chi connectivity index (χ0v) is 14.3. The summed E-state index contributed by atoms with van der Waals surface area (Å²) in [6, 6.07) is 14.0. The van der Waals surface area contributed by atoms with Crippen molar-refractivity contribution in [1.29, 1.82) is 0 Å². The highest BCUT2D eigenvalue weighted by Crippen LogP contribution is 2.25. The molecule has 0 atom stereocenters. The van der Waals surface area contributed by atoms with E-state index in [9.17, 15) is 4.79 Å². The van der Waals surface area contributed by atoms with Crippen molar-refractivity contribution in [1.82, 2.24) is 4.98 Å². The summed E-state index contributed by atoms with van der Waals surface area (Å²) in [6.45, 7) is 4.56. The van der Waals surface area contributed by atoms with E-state index in [1.807, 2.05) is 44.2 Å². The van der Waals surface area contributed by atoms with Gasteiger partial charge in [0.1, 0.15) is 17.4 Å². The molecule has 0 radical (unpaired) electrons. The van der Waals surface area contributed by atoms with Gasteiger partial charge in [-0.15, -0.1) is 11.3 Å². The first-order valence-corrected chi connectivity index (χ1v) is 8.39. The molecule has 0 aliphatic carbocycles. The lowest BCUT2D eigenvalue weighted by molar-refractivity contribution is 0.0691. The van der Waals surface area contributed by atoms with E-state index in [1.165, 1.54) is 16.9 Å². The number of hydrogen-bond acceptors (Lipinski definition) is 4. The topological polar surface area (TPSA) is 59.4 Å². The predicted molar refractivity (Wildman–Crippen MR) is 94.8 cm³/mol. The second-order valence-electron chi connectivity index (χ2n) is 5.60. The van der Waals surface area contributed by atoms with Gasteiger partial charge in [-0.05, 0) is 36.6 Å². The van der Waals surface area contributed by atoms with Gasteiger partial charge in [0.2, 0.25) is 0 Å². The van der Waals surface area contributed by atoms with Crippen LogP contribution in [0.3, 0.4) is 0 Å². The predicted octanol–water partition coefficient (Wildman–Crippen LogP) is 4.70. The number of nitrogens with zero attached hydrogens (tertiary/aromatic N) is 1. The smallest absolute Gasteiger partial charge is 0.355 e. The van der Waals surface area contributed by atoms with E-state index in [4.69, 9.17) is 9.84 Å². The minimum atomic E-state index is -1.00. The summed E-state index contributed by atoms with van der Waals surface area (Å²) in [7, 11) is 0. The summed E-state index contributed by atoms with van der Waals surface area (Å²) in [6.07, 6.45) is 0. The molecule has 4 nitrogen and oxygen atoms in total. The average molecular weight is 339 g/mol. The Bertz CT molecular complexity index is 869. The number of hydrogen-bond donors (Lipinski definition) is 1. The van der Waals surface area contributed by atoms with Gasteiger partial charge in [-0.25, -0.2) is 9.78 Å². The van der Waals surface area contributed by atoms with Crippen LogP contribution in [0.2, 0.25) is 0 Å². The molecule has 0 amide bonds. The lowest BCUT2D eigenvalue weighted by Gasteiger charge is -2.10. The quantitative estimate of drug-likeness (QED) is 0.732. The van der Waals surface area contributed by atoms with Crippen molar-refractivity contribution in [3.63, 3.8) is 0 Å². The third-order valence-corrected chi connectivity index (χ3v) is 4.55. The van der Waals surface area contributed by atoms with Crippen molar-refractivity contribution in [2.24, 2.45) is 0 Å². The maximum absolute atomic E-state index is 10.9. The molecule has 0 saturated heterocycles. The molecule has 0 fully saturated rings. The number of carboxylic acid groups (broad SMARTS) is 1. The Morgan fingerprint density at radius 3 is 2.58 bits per heavy atom. The van der Waals surface area contributed by atoms with Gasteiger partial charge in [-0.3, -0.25) is 0 Å². The first-order valence-electron chi connectivity index (χ1n) is 7.51. The fraction of sp³-hybridized carbons (Fsp3) is 0.158. The van der Waals surface area contributed by atoms with Gasteiger partial charge in [-0.1, -0.05) is 36.4 Å². The molecule has 122 valence electrons. The van der Waals surface area contributed by atoms with E-state index in [0.29, 0.717) is 11.6 Å². The molecule has 24 heavy (non-hydrogen) atoms. The molecular weight excluding hydrogens is 322 g/mol. The summed E-state index contributed by atoms with van der Waals surface area (Å²) in [5, 5.41) is 11.2. The van der Waals surface area contributed by atoms with E-state index >= 15 is 0 Å². The molecule has 3 rings (SSSR count). The van der Waals surface area contributed by atoms with Crippen molar-refractivity contribution in [2.45, 2.75) is 20.5 Å². The molecule has 0 unspecified atom stereocenters. The Balaban J connectivity index is 1.70. The molecule has 1 heterocycles. The lowest BCUT2D eigenvalue weighted by atomic mass is 10.1. The summed E-state index contributed by atoms with van der Waals surface area (Å²) in [5.41, 5.74) is 4.32. The highest BCUT2D eigenvalue weighted by molar-refractivity contribution is 7.13. The Morgan fingerprint density at radius 1 is 1.17 bits per heavy atom. The summed E-state index contributed by atoms with van der Waals surface area (Å²) >= 11 is 1.33. The number of carboxylic acids is 1. The van der Waals surface area contributed by atoms with E-state index in [2.05, 4.69) is 17.1 Å². The lowest BCUT2D eigenvalue weighted by Crippen LogP contribution is -1.97. The third-order valence-electron chi connectivity index (χ3n) is 3.66. The molecule has 2 aromatic carbocycles. The Morgan fingerprint density at radius 2 is 1.92 bits per heavy atom. The molecular formula is C19H17NO3S. The zero-order chi connectivity index (χ0) is 17.1. The van der Waals surface area contributed by atoms with Crippen molar-refractivity contribution >= 4 is 17.3 Å². The molecule has 0 aliphatic rings. The van der Waals surface area contributed by atoms with Crippen molar-refractivity contribution in [3.05, 3.63) is 70.2 Å². The second-order valence-corrected chi connectivity index (χ2v) is 6.46. The van der Waals surface area contributed by atoms with Gasteiger partial charge in [0.15, 0.2) is 5.69 Å². The van der Waals surface area contributed by atoms with Crippen LogP contribution in [-0.2, 0) is 6.61 Å². The monoisotopic (exact) mass is 339 g/mol. The van der Waals surface area contributed by atoms with Crippen LogP contribution >= 0.6 is 11.3 Å². The van der Waals surface area contributed by atoms with Crippen LogP contribution in [-0.4, -0.2) is 16.1 Å². The fourth-order valence-corrected chi connectivity index (χ4v) is 3.07. The number of rotatable bonds is 5. The number of carbonyl (C=O) groups is 1. The number of ether oxygens (including phenoxy) is 1.